The highest BCUT2D eigenvalue weighted by molar-refractivity contribution is 9.11. The van der Waals surface area contributed by atoms with Crippen molar-refractivity contribution in [3.05, 3.63) is 56.2 Å². The third kappa shape index (κ3) is 3.34. The van der Waals surface area contributed by atoms with Gasteiger partial charge in [0.2, 0.25) is 0 Å². The predicted octanol–water partition coefficient (Wildman–Crippen LogP) is 3.78. The van der Waals surface area contributed by atoms with Crippen LogP contribution in [0.2, 0.25) is 0 Å². The summed E-state index contributed by atoms with van der Waals surface area (Å²) in [6.07, 6.45) is 0. The van der Waals surface area contributed by atoms with Gasteiger partial charge < -0.3 is 5.32 Å². The quantitative estimate of drug-likeness (QED) is 0.881. The maximum Gasteiger partial charge on any atom is 0.131 e. The van der Waals surface area contributed by atoms with E-state index in [1.807, 2.05) is 12.1 Å². The normalized spacial score (nSPS) is 17.9. The van der Waals surface area contributed by atoms with Crippen LogP contribution in [0.25, 0.3) is 0 Å². The molecular formula is C15H15BrF2N2S. The molecule has 1 N–H and O–H groups in total. The number of nitrogens with one attached hydrogen (secondary N) is 1. The Bertz CT molecular complexity index is 626. The Morgan fingerprint density at radius 2 is 1.90 bits per heavy atom. The zero-order valence-corrected chi connectivity index (χ0v) is 13.7. The van der Waals surface area contributed by atoms with Gasteiger partial charge in [0.15, 0.2) is 0 Å². The summed E-state index contributed by atoms with van der Waals surface area (Å²) in [4.78, 5) is 3.31. The molecule has 21 heavy (non-hydrogen) atoms. The zero-order chi connectivity index (χ0) is 14.8. The number of rotatable bonds is 3. The maximum absolute atomic E-state index is 14.3. The second-order valence-corrected chi connectivity index (χ2v) is 7.49. The van der Waals surface area contributed by atoms with Crippen molar-refractivity contribution in [2.75, 3.05) is 26.2 Å². The minimum Gasteiger partial charge on any atom is -0.314 e. The molecule has 0 aliphatic carbocycles. The second kappa shape index (κ2) is 6.52. The van der Waals surface area contributed by atoms with Crippen LogP contribution in [0.4, 0.5) is 8.78 Å². The summed E-state index contributed by atoms with van der Waals surface area (Å²) in [6, 6.07) is 7.67. The van der Waals surface area contributed by atoms with Crippen molar-refractivity contribution in [2.24, 2.45) is 0 Å². The number of hydrogen-bond donors (Lipinski definition) is 1. The van der Waals surface area contributed by atoms with Gasteiger partial charge in [-0.15, -0.1) is 11.3 Å². The summed E-state index contributed by atoms with van der Waals surface area (Å²) >= 11 is 5.05. The molecular weight excluding hydrogens is 358 g/mol. The standard InChI is InChI=1S/C15H15BrF2N2S/c16-14-4-3-13(21-14)15(20-7-5-19-6-8-20)11-2-1-10(17)9-12(11)18/h1-4,9,15,19H,5-8H2. The Kier molecular flexibility index (Phi) is 4.69. The second-order valence-electron chi connectivity index (χ2n) is 5.00. The van der Waals surface area contributed by atoms with E-state index in [1.54, 1.807) is 17.4 Å². The highest BCUT2D eigenvalue weighted by Gasteiger charge is 2.27. The highest BCUT2D eigenvalue weighted by atomic mass is 79.9. The molecule has 1 unspecified atom stereocenters. The first kappa shape index (κ1) is 15.1. The molecule has 1 aromatic carbocycles. The number of thiophene rings is 1. The minimum absolute atomic E-state index is 0.163. The van der Waals surface area contributed by atoms with Crippen LogP contribution in [-0.2, 0) is 0 Å². The number of benzene rings is 1. The molecule has 1 aliphatic rings. The van der Waals surface area contributed by atoms with Crippen LogP contribution in [-0.4, -0.2) is 31.1 Å². The first-order valence-electron chi connectivity index (χ1n) is 6.80. The molecule has 0 spiro atoms. The lowest BCUT2D eigenvalue weighted by Crippen LogP contribution is -2.45. The van der Waals surface area contributed by atoms with Crippen LogP contribution >= 0.6 is 27.3 Å². The van der Waals surface area contributed by atoms with E-state index >= 15 is 0 Å². The number of piperazine rings is 1. The van der Waals surface area contributed by atoms with Gasteiger partial charge in [0.25, 0.3) is 0 Å². The van der Waals surface area contributed by atoms with Crippen molar-refractivity contribution in [1.29, 1.82) is 0 Å². The van der Waals surface area contributed by atoms with E-state index in [-0.39, 0.29) is 6.04 Å². The SMILES string of the molecule is Fc1ccc(C(c2ccc(Br)s2)N2CCNCC2)c(F)c1. The topological polar surface area (TPSA) is 15.3 Å². The highest BCUT2D eigenvalue weighted by Crippen LogP contribution is 2.36. The fourth-order valence-electron chi connectivity index (χ4n) is 2.67. The number of halogens is 3. The Labute approximate surface area is 134 Å². The fourth-order valence-corrected chi connectivity index (χ4v) is 4.25. The Balaban J connectivity index is 2.02. The Morgan fingerprint density at radius 3 is 2.52 bits per heavy atom. The average Bonchev–Trinajstić information content (AvgIpc) is 2.89. The largest absolute Gasteiger partial charge is 0.314 e. The Morgan fingerprint density at radius 1 is 1.14 bits per heavy atom. The third-order valence-corrected chi connectivity index (χ3v) is 5.31. The van der Waals surface area contributed by atoms with Gasteiger partial charge in [0.05, 0.1) is 9.83 Å². The average molecular weight is 373 g/mol. The van der Waals surface area contributed by atoms with Crippen LogP contribution in [0.3, 0.4) is 0 Å². The molecule has 1 aromatic heterocycles. The molecule has 1 saturated heterocycles. The monoisotopic (exact) mass is 372 g/mol. The van der Waals surface area contributed by atoms with Crippen LogP contribution in [0.15, 0.2) is 34.1 Å². The van der Waals surface area contributed by atoms with E-state index < -0.39 is 11.6 Å². The van der Waals surface area contributed by atoms with Crippen molar-refractivity contribution in [3.63, 3.8) is 0 Å². The molecule has 1 atom stereocenters. The van der Waals surface area contributed by atoms with Gasteiger partial charge in [-0.1, -0.05) is 6.07 Å². The van der Waals surface area contributed by atoms with E-state index in [1.165, 1.54) is 6.07 Å². The number of nitrogens with zero attached hydrogens (tertiary/aromatic N) is 1. The fraction of sp³-hybridized carbons (Fsp3) is 0.333. The van der Waals surface area contributed by atoms with Gasteiger partial charge in [-0.25, -0.2) is 8.78 Å². The summed E-state index contributed by atoms with van der Waals surface area (Å²) < 4.78 is 28.5. The maximum atomic E-state index is 14.3. The van der Waals surface area contributed by atoms with Crippen LogP contribution in [0.1, 0.15) is 16.5 Å². The van der Waals surface area contributed by atoms with Gasteiger partial charge in [0, 0.05) is 42.7 Å². The molecule has 3 rings (SSSR count). The van der Waals surface area contributed by atoms with E-state index in [0.717, 1.165) is 40.9 Å². The zero-order valence-electron chi connectivity index (χ0n) is 11.3. The van der Waals surface area contributed by atoms with Gasteiger partial charge in [-0.3, -0.25) is 4.90 Å². The first-order chi connectivity index (χ1) is 10.1. The summed E-state index contributed by atoms with van der Waals surface area (Å²) in [7, 11) is 0. The van der Waals surface area contributed by atoms with E-state index in [0.29, 0.717) is 5.56 Å². The summed E-state index contributed by atoms with van der Waals surface area (Å²) in [5.74, 6) is -1.02. The molecule has 1 fully saturated rings. The van der Waals surface area contributed by atoms with Crippen molar-refractivity contribution in [2.45, 2.75) is 6.04 Å². The van der Waals surface area contributed by atoms with E-state index in [2.05, 4.69) is 26.1 Å². The smallest absolute Gasteiger partial charge is 0.131 e. The molecule has 1 aliphatic heterocycles. The molecule has 0 radical (unpaired) electrons. The van der Waals surface area contributed by atoms with Crippen LogP contribution in [0, 0.1) is 11.6 Å². The number of hydrogen-bond acceptors (Lipinski definition) is 3. The van der Waals surface area contributed by atoms with E-state index in [4.69, 9.17) is 0 Å². The lowest BCUT2D eigenvalue weighted by Gasteiger charge is -2.34. The van der Waals surface area contributed by atoms with Crippen LogP contribution in [0.5, 0.6) is 0 Å². The van der Waals surface area contributed by atoms with Crippen LogP contribution < -0.4 is 5.32 Å². The van der Waals surface area contributed by atoms with Crippen molar-refractivity contribution in [1.82, 2.24) is 10.2 Å². The molecule has 0 saturated carbocycles. The summed E-state index contributed by atoms with van der Waals surface area (Å²) in [5.41, 5.74) is 0.535. The molecule has 0 amide bonds. The minimum atomic E-state index is -0.539. The first-order valence-corrected chi connectivity index (χ1v) is 8.41. The lowest BCUT2D eigenvalue weighted by atomic mass is 10.0. The van der Waals surface area contributed by atoms with Gasteiger partial charge in [-0.05, 0) is 34.1 Å². The molecule has 6 heteroatoms. The molecule has 112 valence electrons. The van der Waals surface area contributed by atoms with Gasteiger partial charge >= 0.3 is 0 Å². The summed E-state index contributed by atoms with van der Waals surface area (Å²) in [6.45, 7) is 3.45. The Hall–Kier alpha value is -0.820. The molecule has 2 heterocycles. The molecule has 2 nitrogen and oxygen atoms in total. The van der Waals surface area contributed by atoms with Crippen molar-refractivity contribution < 1.29 is 8.78 Å². The van der Waals surface area contributed by atoms with E-state index in [9.17, 15) is 8.78 Å². The molecule has 0 bridgehead atoms. The van der Waals surface area contributed by atoms with Gasteiger partial charge in [-0.2, -0.15) is 0 Å². The third-order valence-electron chi connectivity index (χ3n) is 3.64. The van der Waals surface area contributed by atoms with Crippen molar-refractivity contribution >= 4 is 27.3 Å². The lowest BCUT2D eigenvalue weighted by molar-refractivity contribution is 0.197. The predicted molar refractivity (Wildman–Crippen MR) is 84.7 cm³/mol. The van der Waals surface area contributed by atoms with Crippen molar-refractivity contribution in [3.8, 4) is 0 Å². The molecule has 2 aromatic rings. The van der Waals surface area contributed by atoms with Gasteiger partial charge in [0.1, 0.15) is 11.6 Å². The summed E-state index contributed by atoms with van der Waals surface area (Å²) in [5, 5.41) is 3.30.